The first-order valence-corrected chi connectivity index (χ1v) is 10.0. The van der Waals surface area contributed by atoms with E-state index in [2.05, 4.69) is 15.2 Å². The van der Waals surface area contributed by atoms with Gasteiger partial charge in [0.05, 0.1) is 17.9 Å². The van der Waals surface area contributed by atoms with Crippen molar-refractivity contribution in [2.75, 3.05) is 0 Å². The van der Waals surface area contributed by atoms with Gasteiger partial charge in [0.25, 0.3) is 5.56 Å². The number of hydrogen-bond donors (Lipinski definition) is 1. The third kappa shape index (κ3) is 2.86. The Labute approximate surface area is 161 Å². The molecule has 0 unspecified atom stereocenters. The van der Waals surface area contributed by atoms with E-state index in [1.54, 1.807) is 13.1 Å². The average Bonchev–Trinajstić information content (AvgIpc) is 3.21. The van der Waals surface area contributed by atoms with E-state index >= 15 is 0 Å². The molecule has 2 aliphatic rings. The molecule has 0 amide bonds. The van der Waals surface area contributed by atoms with Crippen molar-refractivity contribution in [1.82, 2.24) is 24.9 Å². The second-order valence-electron chi connectivity index (χ2n) is 8.58. The van der Waals surface area contributed by atoms with Crippen molar-refractivity contribution in [3.63, 3.8) is 0 Å². The summed E-state index contributed by atoms with van der Waals surface area (Å²) in [6.07, 6.45) is 5.92. The summed E-state index contributed by atoms with van der Waals surface area (Å²) in [4.78, 5) is 20.4. The number of alkyl halides is 1. The van der Waals surface area contributed by atoms with Gasteiger partial charge in [0.15, 0.2) is 5.65 Å². The Morgan fingerprint density at radius 1 is 1.25 bits per heavy atom. The molecule has 148 valence electrons. The molecule has 5 rings (SSSR count). The first-order chi connectivity index (χ1) is 13.4. The first kappa shape index (κ1) is 17.6. The summed E-state index contributed by atoms with van der Waals surface area (Å²) in [5.74, 6) is 1.81. The molecule has 3 heterocycles. The van der Waals surface area contributed by atoms with Crippen molar-refractivity contribution in [2.45, 2.75) is 75.9 Å². The summed E-state index contributed by atoms with van der Waals surface area (Å²) in [7, 11) is 0. The van der Waals surface area contributed by atoms with Crippen LogP contribution in [0.5, 0.6) is 0 Å². The molecule has 28 heavy (non-hydrogen) atoms. The monoisotopic (exact) mass is 385 g/mol. The van der Waals surface area contributed by atoms with Gasteiger partial charge < -0.3 is 9.51 Å². The molecule has 8 heteroatoms. The molecule has 2 aliphatic carbocycles. The summed E-state index contributed by atoms with van der Waals surface area (Å²) < 4.78 is 21.4. The number of hydrogen-bond acceptors (Lipinski definition) is 5. The van der Waals surface area contributed by atoms with Crippen LogP contribution in [-0.2, 0) is 0 Å². The summed E-state index contributed by atoms with van der Waals surface area (Å²) in [5, 5.41) is 8.91. The van der Waals surface area contributed by atoms with Gasteiger partial charge in [-0.25, -0.2) is 14.1 Å². The summed E-state index contributed by atoms with van der Waals surface area (Å²) >= 11 is 0. The van der Waals surface area contributed by atoms with Gasteiger partial charge in [-0.3, -0.25) is 4.79 Å². The number of aromatic nitrogens is 5. The zero-order valence-corrected chi connectivity index (χ0v) is 16.1. The number of nitrogens with zero attached hydrogens (tertiary/aromatic N) is 4. The largest absolute Gasteiger partial charge is 0.361 e. The molecule has 7 nitrogen and oxygen atoms in total. The van der Waals surface area contributed by atoms with E-state index in [1.807, 2.05) is 17.7 Å². The molecule has 2 saturated carbocycles. The van der Waals surface area contributed by atoms with Gasteiger partial charge >= 0.3 is 0 Å². The van der Waals surface area contributed by atoms with E-state index < -0.39 is 5.67 Å². The van der Waals surface area contributed by atoms with Gasteiger partial charge in [-0.1, -0.05) is 5.16 Å². The van der Waals surface area contributed by atoms with E-state index in [0.717, 1.165) is 24.3 Å². The van der Waals surface area contributed by atoms with Crippen LogP contribution in [0.15, 0.2) is 21.6 Å². The van der Waals surface area contributed by atoms with E-state index in [1.165, 1.54) is 0 Å². The van der Waals surface area contributed by atoms with Gasteiger partial charge in [-0.15, -0.1) is 0 Å². The molecule has 2 atom stereocenters. The molecule has 0 bridgehead atoms. The molecule has 0 aliphatic heterocycles. The molecule has 0 spiro atoms. The number of H-pyrrole nitrogens is 1. The lowest BCUT2D eigenvalue weighted by Crippen LogP contribution is -2.29. The Bertz CT molecular complexity index is 1070. The van der Waals surface area contributed by atoms with Gasteiger partial charge in [0.2, 0.25) is 0 Å². The van der Waals surface area contributed by atoms with Crippen molar-refractivity contribution in [2.24, 2.45) is 0 Å². The lowest BCUT2D eigenvalue weighted by Gasteiger charge is -2.34. The van der Waals surface area contributed by atoms with E-state index in [4.69, 9.17) is 9.51 Å². The standard InChI is InChI=1S/C20H24FN5O2/c1-11-9-16(28-25-11)13-3-4-14(13)17-23-18-15(19(27)24-17)10-22-26(18)12-5-7-20(2,21)8-6-12/h9-10,12-14H,3-8H2,1-2H3,(H,23,24,27)/t12?,13-,14-,20?/m0/s1. The Morgan fingerprint density at radius 2 is 2.00 bits per heavy atom. The smallest absolute Gasteiger partial charge is 0.262 e. The van der Waals surface area contributed by atoms with Crippen LogP contribution < -0.4 is 5.56 Å². The third-order valence-electron chi connectivity index (χ3n) is 6.46. The third-order valence-corrected chi connectivity index (χ3v) is 6.46. The van der Waals surface area contributed by atoms with Crippen molar-refractivity contribution in [1.29, 1.82) is 0 Å². The SMILES string of the molecule is Cc1cc([C@H]2CC[C@@H]2c2nc3c(cnn3C3CCC(C)(F)CC3)c(=O)[nH]2)on1. The van der Waals surface area contributed by atoms with Gasteiger partial charge in [0, 0.05) is 17.9 Å². The molecule has 3 aromatic heterocycles. The van der Waals surface area contributed by atoms with E-state index in [9.17, 15) is 9.18 Å². The van der Waals surface area contributed by atoms with Crippen LogP contribution in [0, 0.1) is 6.92 Å². The van der Waals surface area contributed by atoms with Gasteiger partial charge in [0.1, 0.15) is 22.6 Å². The van der Waals surface area contributed by atoms with Crippen molar-refractivity contribution in [3.8, 4) is 0 Å². The molecule has 2 fully saturated rings. The molecule has 0 radical (unpaired) electrons. The van der Waals surface area contributed by atoms with Crippen LogP contribution in [-0.4, -0.2) is 30.6 Å². The quantitative estimate of drug-likeness (QED) is 0.738. The zero-order valence-electron chi connectivity index (χ0n) is 16.1. The normalized spacial score (nSPS) is 30.5. The van der Waals surface area contributed by atoms with Crippen LogP contribution in [0.4, 0.5) is 4.39 Å². The Balaban J connectivity index is 1.49. The minimum Gasteiger partial charge on any atom is -0.361 e. The van der Waals surface area contributed by atoms with Crippen molar-refractivity contribution in [3.05, 3.63) is 39.9 Å². The van der Waals surface area contributed by atoms with Crippen LogP contribution in [0.25, 0.3) is 11.0 Å². The van der Waals surface area contributed by atoms with E-state index in [0.29, 0.717) is 42.5 Å². The molecule has 3 aromatic rings. The second-order valence-corrected chi connectivity index (χ2v) is 8.58. The highest BCUT2D eigenvalue weighted by Crippen LogP contribution is 2.48. The highest BCUT2D eigenvalue weighted by molar-refractivity contribution is 5.73. The summed E-state index contributed by atoms with van der Waals surface area (Å²) in [5.41, 5.74) is 0.180. The maximum absolute atomic E-state index is 14.2. The maximum Gasteiger partial charge on any atom is 0.262 e. The number of rotatable bonds is 3. The fourth-order valence-corrected chi connectivity index (χ4v) is 4.57. The summed E-state index contributed by atoms with van der Waals surface area (Å²) in [6.45, 7) is 3.56. The van der Waals surface area contributed by atoms with Crippen LogP contribution in [0.1, 0.15) is 80.6 Å². The molecule has 0 aromatic carbocycles. The lowest BCUT2D eigenvalue weighted by atomic mass is 9.71. The minimum atomic E-state index is -1.11. The van der Waals surface area contributed by atoms with Crippen molar-refractivity contribution >= 4 is 11.0 Å². The van der Waals surface area contributed by atoms with Gasteiger partial charge in [-0.05, 0) is 52.4 Å². The molecular weight excluding hydrogens is 361 g/mol. The Hall–Kier alpha value is -2.51. The number of aromatic amines is 1. The predicted molar refractivity (Wildman–Crippen MR) is 101 cm³/mol. The highest BCUT2D eigenvalue weighted by Gasteiger charge is 2.38. The number of fused-ring (bicyclic) bond motifs is 1. The molecule has 1 N–H and O–H groups in total. The van der Waals surface area contributed by atoms with Crippen LogP contribution in [0.2, 0.25) is 0 Å². The average molecular weight is 385 g/mol. The van der Waals surface area contributed by atoms with Crippen LogP contribution in [0.3, 0.4) is 0 Å². The fourth-order valence-electron chi connectivity index (χ4n) is 4.57. The fraction of sp³-hybridized carbons (Fsp3) is 0.600. The lowest BCUT2D eigenvalue weighted by molar-refractivity contribution is 0.103. The number of aryl methyl sites for hydroxylation is 1. The summed E-state index contributed by atoms with van der Waals surface area (Å²) in [6, 6.07) is 2.03. The maximum atomic E-state index is 14.2. The number of halogens is 1. The minimum absolute atomic E-state index is 0.0811. The topological polar surface area (TPSA) is 89.6 Å². The molecular formula is C20H24FN5O2. The Morgan fingerprint density at radius 3 is 2.64 bits per heavy atom. The zero-order chi connectivity index (χ0) is 19.5. The second kappa shape index (κ2) is 6.25. The van der Waals surface area contributed by atoms with Crippen LogP contribution >= 0.6 is 0 Å². The Kier molecular flexibility index (Phi) is 3.93. The first-order valence-electron chi connectivity index (χ1n) is 10.0. The molecule has 0 saturated heterocycles. The predicted octanol–water partition coefficient (Wildman–Crippen LogP) is 3.92. The van der Waals surface area contributed by atoms with Crippen molar-refractivity contribution < 1.29 is 8.91 Å². The van der Waals surface area contributed by atoms with E-state index in [-0.39, 0.29) is 23.4 Å². The highest BCUT2D eigenvalue weighted by atomic mass is 19.1. The van der Waals surface area contributed by atoms with Gasteiger partial charge in [-0.2, -0.15) is 5.10 Å². The number of nitrogens with one attached hydrogen (secondary N) is 1.